The largest absolute Gasteiger partial charge is 0.497 e. The van der Waals surface area contributed by atoms with E-state index in [0.29, 0.717) is 23.3 Å². The minimum Gasteiger partial charge on any atom is -0.497 e. The van der Waals surface area contributed by atoms with E-state index >= 15 is 0 Å². The molecule has 3 atom stereocenters. The second kappa shape index (κ2) is 17.3. The van der Waals surface area contributed by atoms with Crippen LogP contribution in [-0.2, 0) is 15.1 Å². The number of unbranched alkanes of at least 4 members (excludes halogenated alkanes) is 2. The number of methoxy groups -OCH3 is 2. The van der Waals surface area contributed by atoms with Crippen LogP contribution >= 0.6 is 11.6 Å². The number of hydrogen-bond acceptors (Lipinski definition) is 9. The Morgan fingerprint density at radius 1 is 0.904 bits per heavy atom. The van der Waals surface area contributed by atoms with Crippen molar-refractivity contribution in [2.45, 2.75) is 70.0 Å². The van der Waals surface area contributed by atoms with Gasteiger partial charge in [-0.1, -0.05) is 81.3 Å². The first-order valence-corrected chi connectivity index (χ1v) is 18.3. The van der Waals surface area contributed by atoms with Gasteiger partial charge in [-0.15, -0.1) is 5.10 Å². The Bertz CT molecular complexity index is 1850. The molecule has 1 fully saturated rings. The normalized spacial score (nSPS) is 17.6. The van der Waals surface area contributed by atoms with Crippen molar-refractivity contribution in [2.24, 2.45) is 4.99 Å². The summed E-state index contributed by atoms with van der Waals surface area (Å²) in [4.78, 5) is 15.7. The molecule has 2 aromatic heterocycles. The highest BCUT2D eigenvalue weighted by atomic mass is 35.5. The van der Waals surface area contributed by atoms with E-state index < -0.39 is 24.0 Å². The molecule has 1 saturated heterocycles. The fraction of sp³-hybridized carbons (Fsp3) is 0.400. The van der Waals surface area contributed by atoms with Crippen LogP contribution in [0.5, 0.6) is 11.5 Å². The Labute approximate surface area is 310 Å². The van der Waals surface area contributed by atoms with E-state index in [1.807, 2.05) is 91.4 Å². The zero-order valence-corrected chi connectivity index (χ0v) is 30.9. The highest BCUT2D eigenvalue weighted by Gasteiger charge is 2.42. The van der Waals surface area contributed by atoms with E-state index in [1.54, 1.807) is 18.9 Å². The number of halogens is 1. The smallest absolute Gasteiger partial charge is 0.226 e. The van der Waals surface area contributed by atoms with Crippen LogP contribution in [0.15, 0.2) is 90.1 Å². The minimum atomic E-state index is -1.05. The molecule has 0 saturated carbocycles. The van der Waals surface area contributed by atoms with Gasteiger partial charge < -0.3 is 29.0 Å². The molecule has 0 aliphatic carbocycles. The van der Waals surface area contributed by atoms with Crippen LogP contribution in [0, 0.1) is 0 Å². The summed E-state index contributed by atoms with van der Waals surface area (Å²) in [6.45, 7) is 6.27. The summed E-state index contributed by atoms with van der Waals surface area (Å²) in [7, 11) is 3.28. The number of aliphatic imine (C=N–C) groups is 1. The number of benzene rings is 3. The molecule has 0 spiro atoms. The minimum absolute atomic E-state index is 0.0616. The first-order chi connectivity index (χ1) is 25.4. The van der Waals surface area contributed by atoms with E-state index in [-0.39, 0.29) is 11.9 Å². The fourth-order valence-corrected chi connectivity index (χ4v) is 6.68. The highest BCUT2D eigenvalue weighted by molar-refractivity contribution is 6.28. The SMILES string of the molecule is CCCCN(C=Nc1nc(Cl)nc2nn([C@H]3C[C@H](O)[C@@H](COC(c4ccccc4)(c4ccc(OC)cc4)c4ccc(OC)cc4)O3)cc12)CCCC. The lowest BCUT2D eigenvalue weighted by molar-refractivity contribution is -0.0955. The molecule has 0 bridgehead atoms. The van der Waals surface area contributed by atoms with Crippen LogP contribution in [0.1, 0.15) is 68.9 Å². The van der Waals surface area contributed by atoms with Crippen molar-refractivity contribution in [3.8, 4) is 11.5 Å². The Kier molecular flexibility index (Phi) is 12.4. The van der Waals surface area contributed by atoms with Gasteiger partial charge in [-0.3, -0.25) is 0 Å². The summed E-state index contributed by atoms with van der Waals surface area (Å²) in [5.41, 5.74) is 2.04. The predicted molar refractivity (Wildman–Crippen MR) is 203 cm³/mol. The Hall–Kier alpha value is -4.55. The van der Waals surface area contributed by atoms with Crippen molar-refractivity contribution in [2.75, 3.05) is 33.9 Å². The van der Waals surface area contributed by atoms with Gasteiger partial charge >= 0.3 is 0 Å². The molecule has 11 nitrogen and oxygen atoms in total. The molecule has 3 aromatic carbocycles. The molecule has 6 rings (SSSR count). The molecular formula is C40H47ClN6O5. The maximum Gasteiger partial charge on any atom is 0.226 e. The van der Waals surface area contributed by atoms with Crippen LogP contribution in [-0.4, -0.2) is 82.2 Å². The maximum absolute atomic E-state index is 11.4. The van der Waals surface area contributed by atoms with E-state index in [1.165, 1.54) is 0 Å². The zero-order chi connectivity index (χ0) is 36.5. The Morgan fingerprint density at radius 2 is 1.50 bits per heavy atom. The lowest BCUT2D eigenvalue weighted by Gasteiger charge is -2.37. The van der Waals surface area contributed by atoms with E-state index in [9.17, 15) is 5.11 Å². The standard InChI is InChI=1S/C40H47ClN6O5/c1-5-7-22-46(23-8-6-2)27-42-37-33-25-47(45-38(33)44-39(41)43-37)36-24-34(48)35(52-36)26-51-40(28-12-10-9-11-13-28,29-14-18-31(49-3)19-15-29)30-16-20-32(50-4)21-17-30/h9-21,25,27,34-36,48H,5-8,22-24,26H2,1-4H3/t34-,35+,36+/m0/s1. The second-order valence-corrected chi connectivity index (χ2v) is 13.2. The molecule has 5 aromatic rings. The lowest BCUT2D eigenvalue weighted by atomic mass is 9.80. The number of hydrogen-bond donors (Lipinski definition) is 1. The van der Waals surface area contributed by atoms with Gasteiger partial charge in [0.1, 0.15) is 23.2 Å². The molecule has 1 aliphatic rings. The van der Waals surface area contributed by atoms with E-state index in [4.69, 9.17) is 35.5 Å². The number of aliphatic hydroxyl groups excluding tert-OH is 1. The third-order valence-electron chi connectivity index (χ3n) is 9.43. The van der Waals surface area contributed by atoms with Crippen LogP contribution in [0.4, 0.5) is 5.82 Å². The molecule has 1 aliphatic heterocycles. The quantitative estimate of drug-likeness (QED) is 0.0445. The summed E-state index contributed by atoms with van der Waals surface area (Å²) in [6.07, 6.45) is 6.24. The number of rotatable bonds is 17. The molecule has 0 amide bonds. The third kappa shape index (κ3) is 8.23. The molecular weight excluding hydrogens is 680 g/mol. The first kappa shape index (κ1) is 37.2. The zero-order valence-electron chi connectivity index (χ0n) is 30.2. The van der Waals surface area contributed by atoms with E-state index in [0.717, 1.165) is 67.0 Å². The monoisotopic (exact) mass is 726 g/mol. The number of aliphatic hydroxyl groups is 1. The fourth-order valence-electron chi connectivity index (χ4n) is 6.52. The van der Waals surface area contributed by atoms with E-state index in [2.05, 4.69) is 33.8 Å². The first-order valence-electron chi connectivity index (χ1n) is 17.9. The molecule has 0 unspecified atom stereocenters. The van der Waals surface area contributed by atoms with Gasteiger partial charge in [-0.2, -0.15) is 9.97 Å². The van der Waals surface area contributed by atoms with Crippen molar-refractivity contribution in [3.05, 3.63) is 107 Å². The van der Waals surface area contributed by atoms with Crippen molar-refractivity contribution >= 4 is 34.8 Å². The van der Waals surface area contributed by atoms with Crippen LogP contribution in [0.3, 0.4) is 0 Å². The van der Waals surface area contributed by atoms with Crippen molar-refractivity contribution in [3.63, 3.8) is 0 Å². The van der Waals surface area contributed by atoms with Gasteiger partial charge in [0.05, 0.1) is 38.7 Å². The highest BCUT2D eigenvalue weighted by Crippen LogP contribution is 2.43. The Morgan fingerprint density at radius 3 is 2.08 bits per heavy atom. The number of ether oxygens (including phenoxy) is 4. The second-order valence-electron chi connectivity index (χ2n) is 12.9. The summed E-state index contributed by atoms with van der Waals surface area (Å²) < 4.78 is 26.1. The van der Waals surface area contributed by atoms with Gasteiger partial charge in [0.25, 0.3) is 0 Å². The molecule has 0 radical (unpaired) electrons. The number of fused-ring (bicyclic) bond motifs is 1. The predicted octanol–water partition coefficient (Wildman–Crippen LogP) is 7.72. The Balaban J connectivity index is 1.28. The van der Waals surface area contributed by atoms with Gasteiger partial charge in [0.2, 0.25) is 5.28 Å². The molecule has 52 heavy (non-hydrogen) atoms. The summed E-state index contributed by atoms with van der Waals surface area (Å²) in [6, 6.07) is 25.7. The van der Waals surface area contributed by atoms with Gasteiger partial charge in [-0.05, 0) is 65.4 Å². The average Bonchev–Trinajstić information content (AvgIpc) is 3.78. The van der Waals surface area contributed by atoms with Crippen molar-refractivity contribution in [1.82, 2.24) is 24.6 Å². The van der Waals surface area contributed by atoms with Crippen molar-refractivity contribution < 1.29 is 24.1 Å². The molecule has 3 heterocycles. The van der Waals surface area contributed by atoms with Gasteiger partial charge in [0, 0.05) is 25.7 Å². The van der Waals surface area contributed by atoms with Gasteiger partial charge in [-0.25, -0.2) is 9.67 Å². The van der Waals surface area contributed by atoms with Crippen LogP contribution < -0.4 is 9.47 Å². The number of aromatic nitrogens is 4. The average molecular weight is 727 g/mol. The topological polar surface area (TPSA) is 116 Å². The molecule has 274 valence electrons. The van der Waals surface area contributed by atoms with Crippen molar-refractivity contribution in [1.29, 1.82) is 0 Å². The molecule has 12 heteroatoms. The maximum atomic E-state index is 11.4. The third-order valence-corrected chi connectivity index (χ3v) is 9.60. The lowest BCUT2D eigenvalue weighted by Crippen LogP contribution is -2.38. The van der Waals surface area contributed by atoms with Gasteiger partial charge in [0.15, 0.2) is 17.7 Å². The summed E-state index contributed by atoms with van der Waals surface area (Å²) in [5, 5.41) is 16.8. The number of nitrogens with zero attached hydrogens (tertiary/aromatic N) is 6. The summed E-state index contributed by atoms with van der Waals surface area (Å²) >= 11 is 6.33. The summed E-state index contributed by atoms with van der Waals surface area (Å²) in [5.74, 6) is 1.90. The molecule has 1 N–H and O–H groups in total. The van der Waals surface area contributed by atoms with Crippen LogP contribution in [0.25, 0.3) is 11.0 Å². The van der Waals surface area contributed by atoms with Crippen LogP contribution in [0.2, 0.25) is 5.28 Å².